The second-order valence-corrected chi connectivity index (χ2v) is 4.49. The van der Waals surface area contributed by atoms with Crippen molar-refractivity contribution in [2.24, 2.45) is 0 Å². The van der Waals surface area contributed by atoms with E-state index in [1.165, 1.54) is 5.56 Å². The Morgan fingerprint density at radius 2 is 2.16 bits per heavy atom. The summed E-state index contributed by atoms with van der Waals surface area (Å²) >= 11 is 5.83. The first-order valence-corrected chi connectivity index (χ1v) is 6.45. The lowest BCUT2D eigenvalue weighted by atomic mass is 10.1. The summed E-state index contributed by atoms with van der Waals surface area (Å²) in [6.07, 6.45) is 2.71. The van der Waals surface area contributed by atoms with Gasteiger partial charge in [-0.25, -0.2) is 4.98 Å². The van der Waals surface area contributed by atoms with Gasteiger partial charge in [0, 0.05) is 6.20 Å². The number of nitrogens with two attached hydrogens (primary N) is 1. The molecule has 100 valence electrons. The number of nitrogen functional groups attached to an aromatic ring is 1. The molecule has 0 radical (unpaired) electrons. The quantitative estimate of drug-likeness (QED) is 0.840. The molecule has 0 aromatic carbocycles. The Hall–Kier alpha value is -1.88. The molecule has 0 saturated heterocycles. The number of aromatic nitrogens is 3. The van der Waals surface area contributed by atoms with Crippen molar-refractivity contribution < 1.29 is 0 Å². The molecule has 0 unspecified atom stereocenters. The normalized spacial score (nSPS) is 10.5. The minimum atomic E-state index is 0.186. The molecular weight excluding hydrogens is 262 g/mol. The molecule has 2 rings (SSSR count). The summed E-state index contributed by atoms with van der Waals surface area (Å²) in [5, 5.41) is 3.35. The third-order valence-corrected chi connectivity index (χ3v) is 3.07. The first-order chi connectivity index (χ1) is 9.11. The monoisotopic (exact) mass is 277 g/mol. The minimum absolute atomic E-state index is 0.186. The first kappa shape index (κ1) is 13.5. The van der Waals surface area contributed by atoms with Crippen molar-refractivity contribution in [2.45, 2.75) is 26.8 Å². The highest BCUT2D eigenvalue weighted by Crippen LogP contribution is 2.21. The van der Waals surface area contributed by atoms with E-state index in [1.807, 2.05) is 6.07 Å². The largest absolute Gasteiger partial charge is 0.394 e. The second-order valence-electron chi connectivity index (χ2n) is 4.16. The number of halogens is 1. The van der Waals surface area contributed by atoms with Crippen molar-refractivity contribution in [1.29, 1.82) is 0 Å². The Balaban J connectivity index is 2.19. The highest BCUT2D eigenvalue weighted by Gasteiger charge is 2.08. The van der Waals surface area contributed by atoms with Crippen LogP contribution in [-0.2, 0) is 13.0 Å². The summed E-state index contributed by atoms with van der Waals surface area (Å²) < 4.78 is 0. The van der Waals surface area contributed by atoms with Crippen LogP contribution in [0.5, 0.6) is 0 Å². The van der Waals surface area contributed by atoms with Crippen molar-refractivity contribution in [3.63, 3.8) is 0 Å². The lowest BCUT2D eigenvalue weighted by molar-refractivity contribution is 0.960. The number of nitrogens with one attached hydrogen (secondary N) is 1. The van der Waals surface area contributed by atoms with Gasteiger partial charge < -0.3 is 11.1 Å². The summed E-state index contributed by atoms with van der Waals surface area (Å²) in [6.45, 7) is 4.45. The lowest BCUT2D eigenvalue weighted by Gasteiger charge is -2.11. The van der Waals surface area contributed by atoms with E-state index in [4.69, 9.17) is 17.3 Å². The van der Waals surface area contributed by atoms with Gasteiger partial charge in [0.1, 0.15) is 0 Å². The standard InChI is InChI=1S/C13H16ClN5/c1-3-9-5-4-6-16-10(9)7-17-12-11(15)8(2)18-13(14)19-12/h4-6H,3,7,15H2,1-2H3,(H,17,18,19). The number of rotatable bonds is 4. The van der Waals surface area contributed by atoms with Gasteiger partial charge in [0.2, 0.25) is 5.28 Å². The maximum Gasteiger partial charge on any atom is 0.224 e. The van der Waals surface area contributed by atoms with Crippen LogP contribution >= 0.6 is 11.6 Å². The van der Waals surface area contributed by atoms with E-state index in [-0.39, 0.29) is 5.28 Å². The fourth-order valence-corrected chi connectivity index (χ4v) is 2.01. The molecule has 0 amide bonds. The summed E-state index contributed by atoms with van der Waals surface area (Å²) in [4.78, 5) is 12.5. The summed E-state index contributed by atoms with van der Waals surface area (Å²) in [5.41, 5.74) is 9.28. The molecule has 19 heavy (non-hydrogen) atoms. The molecule has 0 saturated carbocycles. The SMILES string of the molecule is CCc1cccnc1CNc1nc(Cl)nc(C)c1N. The van der Waals surface area contributed by atoms with Gasteiger partial charge in [-0.3, -0.25) is 4.98 Å². The third-order valence-electron chi connectivity index (χ3n) is 2.90. The van der Waals surface area contributed by atoms with E-state index in [0.29, 0.717) is 23.7 Å². The fraction of sp³-hybridized carbons (Fsp3) is 0.308. The van der Waals surface area contributed by atoms with Gasteiger partial charge in [-0.1, -0.05) is 13.0 Å². The van der Waals surface area contributed by atoms with Crippen molar-refractivity contribution in [1.82, 2.24) is 15.0 Å². The second kappa shape index (κ2) is 5.84. The van der Waals surface area contributed by atoms with E-state index < -0.39 is 0 Å². The zero-order valence-corrected chi connectivity index (χ0v) is 11.7. The first-order valence-electron chi connectivity index (χ1n) is 6.08. The van der Waals surface area contributed by atoms with Crippen molar-refractivity contribution in [2.75, 3.05) is 11.1 Å². The molecule has 6 heteroatoms. The molecule has 0 aliphatic heterocycles. The number of nitrogens with zero attached hydrogens (tertiary/aromatic N) is 3. The molecule has 2 aromatic heterocycles. The van der Waals surface area contributed by atoms with Crippen molar-refractivity contribution >= 4 is 23.1 Å². The minimum Gasteiger partial charge on any atom is -0.394 e. The molecule has 0 aliphatic carbocycles. The van der Waals surface area contributed by atoms with Crippen LogP contribution in [-0.4, -0.2) is 15.0 Å². The highest BCUT2D eigenvalue weighted by atomic mass is 35.5. The molecule has 3 N–H and O–H groups in total. The van der Waals surface area contributed by atoms with Crippen molar-refractivity contribution in [3.8, 4) is 0 Å². The zero-order valence-electron chi connectivity index (χ0n) is 10.9. The Bertz CT molecular complexity index is 585. The van der Waals surface area contributed by atoms with Gasteiger partial charge in [0.25, 0.3) is 0 Å². The maximum atomic E-state index is 5.92. The fourth-order valence-electron chi connectivity index (χ4n) is 1.80. The average Bonchev–Trinajstić information content (AvgIpc) is 2.41. The van der Waals surface area contributed by atoms with Crippen LogP contribution in [0.3, 0.4) is 0 Å². The number of hydrogen-bond donors (Lipinski definition) is 2. The van der Waals surface area contributed by atoms with Gasteiger partial charge in [0.05, 0.1) is 23.6 Å². The van der Waals surface area contributed by atoms with E-state index >= 15 is 0 Å². The summed E-state index contributed by atoms with van der Waals surface area (Å²) in [5.74, 6) is 0.546. The average molecular weight is 278 g/mol. The van der Waals surface area contributed by atoms with Crippen LogP contribution in [0.4, 0.5) is 11.5 Å². The number of anilines is 2. The van der Waals surface area contributed by atoms with Crippen LogP contribution < -0.4 is 11.1 Å². The van der Waals surface area contributed by atoms with Gasteiger partial charge >= 0.3 is 0 Å². The predicted molar refractivity (Wildman–Crippen MR) is 77.1 cm³/mol. The molecule has 5 nitrogen and oxygen atoms in total. The smallest absolute Gasteiger partial charge is 0.224 e. The number of pyridine rings is 1. The molecule has 0 fully saturated rings. The van der Waals surface area contributed by atoms with Crippen LogP contribution in [0.2, 0.25) is 5.28 Å². The molecular formula is C13H16ClN5. The molecule has 0 bridgehead atoms. The molecule has 0 atom stereocenters. The van der Waals surface area contributed by atoms with Crippen LogP contribution in [0.15, 0.2) is 18.3 Å². The van der Waals surface area contributed by atoms with E-state index in [1.54, 1.807) is 13.1 Å². The summed E-state index contributed by atoms with van der Waals surface area (Å²) in [7, 11) is 0. The van der Waals surface area contributed by atoms with Gasteiger partial charge in [0.15, 0.2) is 5.82 Å². The molecule has 2 aromatic rings. The molecule has 0 spiro atoms. The maximum absolute atomic E-state index is 5.92. The Kier molecular flexibility index (Phi) is 4.16. The van der Waals surface area contributed by atoms with E-state index in [9.17, 15) is 0 Å². The molecule has 2 heterocycles. The van der Waals surface area contributed by atoms with Crippen LogP contribution in [0.25, 0.3) is 0 Å². The lowest BCUT2D eigenvalue weighted by Crippen LogP contribution is -2.09. The molecule has 0 aliphatic rings. The Labute approximate surface area is 117 Å². The Morgan fingerprint density at radius 3 is 2.89 bits per heavy atom. The van der Waals surface area contributed by atoms with Crippen LogP contribution in [0.1, 0.15) is 23.9 Å². The van der Waals surface area contributed by atoms with Gasteiger partial charge in [-0.05, 0) is 36.6 Å². The number of aryl methyl sites for hydroxylation is 2. The van der Waals surface area contributed by atoms with E-state index in [2.05, 4.69) is 33.3 Å². The highest BCUT2D eigenvalue weighted by molar-refractivity contribution is 6.28. The summed E-state index contributed by atoms with van der Waals surface area (Å²) in [6, 6.07) is 3.99. The zero-order chi connectivity index (χ0) is 13.8. The predicted octanol–water partition coefficient (Wildman–Crippen LogP) is 2.59. The van der Waals surface area contributed by atoms with E-state index in [0.717, 1.165) is 12.1 Å². The van der Waals surface area contributed by atoms with Crippen LogP contribution in [0, 0.1) is 6.92 Å². The Morgan fingerprint density at radius 1 is 1.37 bits per heavy atom. The van der Waals surface area contributed by atoms with Gasteiger partial charge in [-0.15, -0.1) is 0 Å². The van der Waals surface area contributed by atoms with Crippen molar-refractivity contribution in [3.05, 3.63) is 40.6 Å². The van der Waals surface area contributed by atoms with Gasteiger partial charge in [-0.2, -0.15) is 4.98 Å². The third kappa shape index (κ3) is 3.12. The topological polar surface area (TPSA) is 76.7 Å². The number of hydrogen-bond acceptors (Lipinski definition) is 5.